The van der Waals surface area contributed by atoms with E-state index in [1.807, 2.05) is 0 Å². The smallest absolute Gasteiger partial charge is 0.326 e. The molecule has 0 aliphatic heterocycles. The molecule has 1 fully saturated rings. The number of Topliss-reactive ketones (excluding diaryl/α,β-unsaturated/α-hetero) is 2. The van der Waals surface area contributed by atoms with E-state index in [1.165, 1.54) is 13.0 Å². The van der Waals surface area contributed by atoms with Crippen molar-refractivity contribution in [3.63, 3.8) is 0 Å². The molecule has 0 heterocycles. The minimum Gasteiger partial charge on any atom is -0.326 e. The normalized spacial score (nSPS) is 17.6. The van der Waals surface area contributed by atoms with E-state index in [4.69, 9.17) is 34.8 Å². The van der Waals surface area contributed by atoms with Gasteiger partial charge in [0.05, 0.1) is 16.5 Å². The lowest BCUT2D eigenvalue weighted by Gasteiger charge is -2.13. The number of amides is 1. The van der Waals surface area contributed by atoms with Crippen molar-refractivity contribution in [2.24, 2.45) is 5.92 Å². The lowest BCUT2D eigenvalue weighted by molar-refractivity contribution is -0.170. The first-order valence-electron chi connectivity index (χ1n) is 12.6. The first-order valence-corrected chi connectivity index (χ1v) is 13.7. The van der Waals surface area contributed by atoms with E-state index in [1.54, 1.807) is 0 Å². The predicted molar refractivity (Wildman–Crippen MR) is 146 cm³/mol. The van der Waals surface area contributed by atoms with Crippen LogP contribution >= 0.6 is 34.8 Å². The molecule has 1 aliphatic carbocycles. The Morgan fingerprint density at radius 1 is 0.889 bits per heavy atom. The molecule has 2 atom stereocenters. The van der Waals surface area contributed by atoms with Crippen molar-refractivity contribution in [3.8, 4) is 0 Å². The van der Waals surface area contributed by atoms with Crippen molar-refractivity contribution < 1.29 is 53.9 Å². The molecule has 3 aromatic rings. The number of anilines is 1. The summed E-state index contributed by atoms with van der Waals surface area (Å²) < 4.78 is 119. The van der Waals surface area contributed by atoms with Crippen LogP contribution in [0.25, 0.3) is 0 Å². The Labute approximate surface area is 263 Å². The highest BCUT2D eigenvalue weighted by Crippen LogP contribution is 2.65. The van der Waals surface area contributed by atoms with Gasteiger partial charge in [-0.3, -0.25) is 14.4 Å². The van der Waals surface area contributed by atoms with Crippen LogP contribution in [0.2, 0.25) is 5.02 Å². The van der Waals surface area contributed by atoms with Crippen molar-refractivity contribution in [1.29, 1.82) is 0 Å². The molecule has 16 heteroatoms. The van der Waals surface area contributed by atoms with Crippen LogP contribution in [0.5, 0.6) is 0 Å². The second kappa shape index (κ2) is 12.1. The van der Waals surface area contributed by atoms with E-state index in [0.717, 1.165) is 12.1 Å². The van der Waals surface area contributed by atoms with E-state index in [9.17, 15) is 53.9 Å². The maximum atomic E-state index is 14.9. The standard InChI is InChI=1S/C29H17Cl3F9NO3/c1-11-6-14(42-26(45)23-22(27(23,31)32)12-2-5-19(34)17(7-12)28(36,37)38)9-16(24(11)30)20(43)10-15-18(33)4-3-13(25(15)35)8-21(44)29(39,40)41/h2-7,9,22-23H,8,10H2,1H3,(H,42,45)/t22-,23+/m0/s1. The average Bonchev–Trinajstić information content (AvgIpc) is 3.50. The van der Waals surface area contributed by atoms with Crippen LogP contribution in [0.3, 0.4) is 0 Å². The number of carbonyl (C=O) groups excluding carboxylic acids is 3. The number of hydrogen-bond acceptors (Lipinski definition) is 3. The summed E-state index contributed by atoms with van der Waals surface area (Å²) in [5.74, 6) is -11.1. The Morgan fingerprint density at radius 3 is 2.11 bits per heavy atom. The number of alkyl halides is 8. The molecule has 0 saturated heterocycles. The highest BCUT2D eigenvalue weighted by atomic mass is 35.5. The Balaban J connectivity index is 1.57. The lowest BCUT2D eigenvalue weighted by atomic mass is 9.97. The van der Waals surface area contributed by atoms with Gasteiger partial charge in [-0.1, -0.05) is 23.7 Å². The highest BCUT2D eigenvalue weighted by molar-refractivity contribution is 6.53. The van der Waals surface area contributed by atoms with Gasteiger partial charge in [-0.2, -0.15) is 26.3 Å². The van der Waals surface area contributed by atoms with Gasteiger partial charge in [-0.05, 0) is 53.9 Å². The zero-order valence-corrected chi connectivity index (χ0v) is 24.6. The maximum absolute atomic E-state index is 14.9. The Hall–Kier alpha value is -3.29. The number of halogens is 12. The highest BCUT2D eigenvalue weighted by Gasteiger charge is 2.67. The Bertz CT molecular complexity index is 1720. The lowest BCUT2D eigenvalue weighted by Crippen LogP contribution is -2.25. The Morgan fingerprint density at radius 2 is 1.51 bits per heavy atom. The first kappa shape index (κ1) is 34.6. The van der Waals surface area contributed by atoms with E-state index in [0.29, 0.717) is 24.3 Å². The zero-order valence-electron chi connectivity index (χ0n) is 22.4. The van der Waals surface area contributed by atoms with Crippen molar-refractivity contribution in [1.82, 2.24) is 0 Å². The number of ketones is 2. The molecule has 0 unspecified atom stereocenters. The summed E-state index contributed by atoms with van der Waals surface area (Å²) in [7, 11) is 0. The predicted octanol–water partition coefficient (Wildman–Crippen LogP) is 8.71. The minimum absolute atomic E-state index is 0.0967. The summed E-state index contributed by atoms with van der Waals surface area (Å²) in [5, 5.41) is 2.21. The molecule has 1 saturated carbocycles. The van der Waals surface area contributed by atoms with Crippen molar-refractivity contribution in [2.75, 3.05) is 5.32 Å². The third-order valence-electron chi connectivity index (χ3n) is 7.08. The summed E-state index contributed by atoms with van der Waals surface area (Å²) >= 11 is 18.6. The summed E-state index contributed by atoms with van der Waals surface area (Å²) in [6, 6.07) is 5.62. The van der Waals surface area contributed by atoms with Crippen LogP contribution in [-0.4, -0.2) is 28.0 Å². The molecule has 0 radical (unpaired) electrons. The van der Waals surface area contributed by atoms with Gasteiger partial charge in [0.1, 0.15) is 21.8 Å². The zero-order chi connectivity index (χ0) is 33.8. The van der Waals surface area contributed by atoms with Gasteiger partial charge in [0.2, 0.25) is 11.7 Å². The SMILES string of the molecule is Cc1cc(NC(=O)[C@H]2[C@H](c3ccc(F)c(C(F)(F)F)c3)C2(Cl)Cl)cc(C(=O)Cc2c(F)ccc(CC(=O)C(F)(F)F)c2F)c1Cl. The van der Waals surface area contributed by atoms with Gasteiger partial charge in [0.25, 0.3) is 0 Å². The van der Waals surface area contributed by atoms with E-state index in [2.05, 4.69) is 5.32 Å². The van der Waals surface area contributed by atoms with E-state index >= 15 is 0 Å². The molecule has 0 spiro atoms. The molecule has 0 aromatic heterocycles. The molecule has 1 aliphatic rings. The number of nitrogens with one attached hydrogen (secondary N) is 1. The van der Waals surface area contributed by atoms with Crippen molar-refractivity contribution >= 4 is 58.0 Å². The van der Waals surface area contributed by atoms with Crippen LogP contribution in [-0.2, 0) is 28.6 Å². The molecule has 4 rings (SSSR count). The molecule has 1 N–H and O–H groups in total. The molecule has 45 heavy (non-hydrogen) atoms. The second-order valence-electron chi connectivity index (χ2n) is 10.2. The van der Waals surface area contributed by atoms with Crippen LogP contribution in [0.4, 0.5) is 45.2 Å². The molecular formula is C29H17Cl3F9NO3. The van der Waals surface area contributed by atoms with Gasteiger partial charge in [0.15, 0.2) is 5.78 Å². The number of rotatable bonds is 8. The molecule has 3 aromatic carbocycles. The quantitative estimate of drug-likeness (QED) is 0.145. The second-order valence-corrected chi connectivity index (χ2v) is 12.0. The monoisotopic (exact) mass is 703 g/mol. The van der Waals surface area contributed by atoms with Crippen LogP contribution in [0, 0.1) is 30.3 Å². The number of carbonyl (C=O) groups is 3. The van der Waals surface area contributed by atoms with E-state index in [-0.39, 0.29) is 27.4 Å². The van der Waals surface area contributed by atoms with Gasteiger partial charge >= 0.3 is 12.4 Å². The number of benzene rings is 3. The Kier molecular flexibility index (Phi) is 9.33. The summed E-state index contributed by atoms with van der Waals surface area (Å²) in [4.78, 5) is 37.5. The number of aryl methyl sites for hydroxylation is 1. The van der Waals surface area contributed by atoms with Crippen LogP contribution in [0.1, 0.15) is 44.1 Å². The average molecular weight is 705 g/mol. The van der Waals surface area contributed by atoms with Gasteiger partial charge in [0, 0.05) is 35.6 Å². The van der Waals surface area contributed by atoms with E-state index < -0.39 is 93.0 Å². The van der Waals surface area contributed by atoms with Crippen molar-refractivity contribution in [2.45, 2.75) is 42.4 Å². The first-order chi connectivity index (χ1) is 20.6. The summed E-state index contributed by atoms with van der Waals surface area (Å²) in [5.41, 5.74) is -3.74. The van der Waals surface area contributed by atoms with Crippen LogP contribution < -0.4 is 5.32 Å². The molecule has 0 bridgehead atoms. The maximum Gasteiger partial charge on any atom is 0.450 e. The molecule has 4 nitrogen and oxygen atoms in total. The fourth-order valence-electron chi connectivity index (χ4n) is 4.76. The fourth-order valence-corrected chi connectivity index (χ4v) is 5.80. The van der Waals surface area contributed by atoms with Crippen LogP contribution in [0.15, 0.2) is 42.5 Å². The van der Waals surface area contributed by atoms with Crippen molar-refractivity contribution in [3.05, 3.63) is 98.3 Å². The van der Waals surface area contributed by atoms with Gasteiger partial charge in [-0.25, -0.2) is 13.2 Å². The van der Waals surface area contributed by atoms with Gasteiger partial charge in [-0.15, -0.1) is 23.2 Å². The number of hydrogen-bond donors (Lipinski definition) is 1. The molecule has 1 amide bonds. The molecule has 240 valence electrons. The minimum atomic E-state index is -5.27. The largest absolute Gasteiger partial charge is 0.450 e. The third-order valence-corrected chi connectivity index (χ3v) is 8.53. The fraction of sp³-hybridized carbons (Fsp3) is 0.276. The molecular weight excluding hydrogens is 688 g/mol. The van der Waals surface area contributed by atoms with Gasteiger partial charge < -0.3 is 5.32 Å². The summed E-state index contributed by atoms with van der Waals surface area (Å²) in [6.45, 7) is 1.41. The third kappa shape index (κ3) is 7.10. The summed E-state index contributed by atoms with van der Waals surface area (Å²) in [6.07, 6.45) is -12.8. The topological polar surface area (TPSA) is 63.2 Å².